The Kier molecular flexibility index (Phi) is 3.30. The van der Waals surface area contributed by atoms with Crippen LogP contribution in [0, 0.1) is 5.92 Å². The van der Waals surface area contributed by atoms with E-state index in [0.717, 1.165) is 12.8 Å². The van der Waals surface area contributed by atoms with Crippen LogP contribution in [0.4, 0.5) is 11.6 Å². The lowest BCUT2D eigenvalue weighted by Crippen LogP contribution is -2.14. The van der Waals surface area contributed by atoms with Crippen LogP contribution in [0.3, 0.4) is 0 Å². The Balaban J connectivity index is 1.64. The van der Waals surface area contributed by atoms with Crippen LogP contribution in [0.1, 0.15) is 17.0 Å². The van der Waals surface area contributed by atoms with Crippen molar-refractivity contribution >= 4 is 39.5 Å². The normalized spacial score (nSPS) is 15.6. The number of ether oxygens (including phenoxy) is 1. The van der Waals surface area contributed by atoms with Crippen molar-refractivity contribution in [1.29, 1.82) is 0 Å². The SMILES string of the molecule is [2H]C([2H])([2H])Nc1ncc(-c2nc3cc(OC)ccc3o2)c2cc(NC(=O)C3CC3)nnc12. The van der Waals surface area contributed by atoms with Crippen molar-refractivity contribution in [3.05, 3.63) is 30.5 Å². The van der Waals surface area contributed by atoms with Crippen molar-refractivity contribution < 1.29 is 18.1 Å². The highest BCUT2D eigenvalue weighted by molar-refractivity contribution is 6.01. The van der Waals surface area contributed by atoms with Crippen molar-refractivity contribution in [1.82, 2.24) is 20.2 Å². The van der Waals surface area contributed by atoms with Gasteiger partial charge in [0.05, 0.1) is 12.7 Å². The molecular weight excluding hydrogens is 372 g/mol. The van der Waals surface area contributed by atoms with Gasteiger partial charge in [-0.15, -0.1) is 10.2 Å². The first-order chi connectivity index (χ1) is 15.3. The molecule has 9 heteroatoms. The molecule has 0 radical (unpaired) electrons. The van der Waals surface area contributed by atoms with Crippen LogP contribution in [0.25, 0.3) is 33.5 Å². The van der Waals surface area contributed by atoms with Gasteiger partial charge in [-0.25, -0.2) is 9.97 Å². The Morgan fingerprint density at radius 3 is 3.00 bits per heavy atom. The number of methoxy groups -OCH3 is 1. The lowest BCUT2D eigenvalue weighted by molar-refractivity contribution is -0.117. The smallest absolute Gasteiger partial charge is 0.229 e. The lowest BCUT2D eigenvalue weighted by atomic mass is 10.1. The molecule has 1 aromatic carbocycles. The molecule has 3 heterocycles. The molecule has 0 aliphatic heterocycles. The van der Waals surface area contributed by atoms with Crippen LogP contribution < -0.4 is 15.4 Å². The van der Waals surface area contributed by atoms with E-state index < -0.39 is 6.98 Å². The third-order valence-corrected chi connectivity index (χ3v) is 4.77. The molecule has 9 nitrogen and oxygen atoms in total. The summed E-state index contributed by atoms with van der Waals surface area (Å²) in [5.74, 6) is 1.05. The summed E-state index contributed by atoms with van der Waals surface area (Å²) in [7, 11) is 1.56. The van der Waals surface area contributed by atoms with Crippen molar-refractivity contribution in [3.8, 4) is 17.2 Å². The van der Waals surface area contributed by atoms with Crippen LogP contribution in [-0.4, -0.2) is 40.2 Å². The molecule has 0 bridgehead atoms. The van der Waals surface area contributed by atoms with Crippen molar-refractivity contribution in [2.45, 2.75) is 12.8 Å². The molecule has 4 aromatic rings. The van der Waals surface area contributed by atoms with E-state index in [4.69, 9.17) is 13.3 Å². The van der Waals surface area contributed by atoms with E-state index in [2.05, 4.69) is 30.8 Å². The number of aromatic nitrogens is 4. The molecule has 29 heavy (non-hydrogen) atoms. The summed E-state index contributed by atoms with van der Waals surface area (Å²) in [6.45, 7) is -2.48. The summed E-state index contributed by atoms with van der Waals surface area (Å²) in [5, 5.41) is 13.8. The first kappa shape index (κ1) is 14.3. The van der Waals surface area contributed by atoms with Gasteiger partial charge in [0.2, 0.25) is 11.8 Å². The van der Waals surface area contributed by atoms with Crippen molar-refractivity contribution in [2.75, 3.05) is 24.7 Å². The molecule has 0 spiro atoms. The topological polar surface area (TPSA) is 115 Å². The van der Waals surface area contributed by atoms with Gasteiger partial charge in [-0.1, -0.05) is 0 Å². The predicted octanol–water partition coefficient (Wildman–Crippen LogP) is 3.23. The molecule has 2 N–H and O–H groups in total. The number of anilines is 2. The van der Waals surface area contributed by atoms with Gasteiger partial charge >= 0.3 is 0 Å². The Morgan fingerprint density at radius 1 is 1.31 bits per heavy atom. The summed E-state index contributed by atoms with van der Waals surface area (Å²) in [4.78, 5) is 20.9. The van der Waals surface area contributed by atoms with Crippen molar-refractivity contribution in [2.24, 2.45) is 5.92 Å². The number of fused-ring (bicyclic) bond motifs is 2. The predicted molar refractivity (Wildman–Crippen MR) is 108 cm³/mol. The fraction of sp³-hybridized carbons (Fsp3) is 0.250. The van der Waals surface area contributed by atoms with Gasteiger partial charge in [-0.05, 0) is 31.0 Å². The number of oxazole rings is 1. The number of carbonyl (C=O) groups excluding carboxylic acids is 1. The van der Waals surface area contributed by atoms with Gasteiger partial charge in [0, 0.05) is 34.7 Å². The van der Waals surface area contributed by atoms with Gasteiger partial charge < -0.3 is 19.8 Å². The fourth-order valence-corrected chi connectivity index (χ4v) is 3.08. The Bertz CT molecular complexity index is 1350. The van der Waals surface area contributed by atoms with E-state index in [-0.39, 0.29) is 34.9 Å². The average molecular weight is 393 g/mol. The summed E-state index contributed by atoms with van der Waals surface area (Å²) in [5.41, 5.74) is 1.82. The quantitative estimate of drug-likeness (QED) is 0.531. The monoisotopic (exact) mass is 393 g/mol. The second-order valence-corrected chi connectivity index (χ2v) is 6.75. The van der Waals surface area contributed by atoms with Gasteiger partial charge in [-0.3, -0.25) is 4.79 Å². The zero-order valence-electron chi connectivity index (χ0n) is 18.4. The van der Waals surface area contributed by atoms with E-state index >= 15 is 0 Å². The fourth-order valence-electron chi connectivity index (χ4n) is 3.08. The zero-order valence-corrected chi connectivity index (χ0v) is 15.4. The van der Waals surface area contributed by atoms with Crippen LogP contribution in [0.15, 0.2) is 34.9 Å². The highest BCUT2D eigenvalue weighted by Crippen LogP contribution is 2.34. The number of benzene rings is 1. The first-order valence-electron chi connectivity index (χ1n) is 10.5. The minimum Gasteiger partial charge on any atom is -0.497 e. The maximum Gasteiger partial charge on any atom is 0.229 e. The molecular formula is C20H18N6O3. The lowest BCUT2D eigenvalue weighted by Gasteiger charge is -2.09. The summed E-state index contributed by atoms with van der Waals surface area (Å²) in [6.07, 6.45) is 3.15. The maximum absolute atomic E-state index is 12.2. The first-order valence-corrected chi connectivity index (χ1v) is 9.01. The van der Waals surface area contributed by atoms with Crippen LogP contribution in [0.5, 0.6) is 5.75 Å². The number of amides is 1. The molecule has 146 valence electrons. The van der Waals surface area contributed by atoms with E-state index in [1.807, 2.05) is 0 Å². The largest absolute Gasteiger partial charge is 0.497 e. The standard InChI is InChI=1S/C20H18N6O3/c1-21-18-17-12(8-16(25-26-17)24-19(27)10-3-4-10)13(9-22-18)20-23-14-7-11(28-2)5-6-15(14)29-20/h5-10H,3-4H2,1-2H3,(H,21,22)(H,24,25,27)/i1D3. The van der Waals surface area contributed by atoms with Gasteiger partial charge in [-0.2, -0.15) is 0 Å². The van der Waals surface area contributed by atoms with E-state index in [1.54, 1.807) is 31.4 Å². The second kappa shape index (κ2) is 6.69. The molecule has 5 rings (SSSR count). The maximum atomic E-state index is 12.2. The van der Waals surface area contributed by atoms with E-state index in [0.29, 0.717) is 27.8 Å². The Labute approximate surface area is 169 Å². The summed E-state index contributed by atoms with van der Waals surface area (Å²) < 4.78 is 33.6. The minimum atomic E-state index is -2.48. The third kappa shape index (κ3) is 3.10. The highest BCUT2D eigenvalue weighted by atomic mass is 16.5. The minimum absolute atomic E-state index is 0.00999. The molecule has 1 saturated carbocycles. The van der Waals surface area contributed by atoms with Gasteiger partial charge in [0.25, 0.3) is 0 Å². The van der Waals surface area contributed by atoms with Crippen LogP contribution in [-0.2, 0) is 4.79 Å². The van der Waals surface area contributed by atoms with E-state index in [1.165, 1.54) is 6.20 Å². The Morgan fingerprint density at radius 2 is 2.21 bits per heavy atom. The number of nitrogens with zero attached hydrogens (tertiary/aromatic N) is 4. The molecule has 1 aliphatic carbocycles. The zero-order chi connectivity index (χ0) is 22.5. The van der Waals surface area contributed by atoms with Gasteiger partial charge in [0.1, 0.15) is 16.8 Å². The molecule has 1 aliphatic rings. The Hall–Kier alpha value is -3.75. The molecule has 0 unspecified atom stereocenters. The second-order valence-electron chi connectivity index (χ2n) is 6.75. The van der Waals surface area contributed by atoms with E-state index in [9.17, 15) is 4.79 Å². The van der Waals surface area contributed by atoms with Crippen LogP contribution >= 0.6 is 0 Å². The number of hydrogen-bond donors (Lipinski definition) is 2. The molecule has 1 amide bonds. The summed E-state index contributed by atoms with van der Waals surface area (Å²) in [6, 6.07) is 6.85. The van der Waals surface area contributed by atoms with Crippen LogP contribution in [0.2, 0.25) is 0 Å². The number of carbonyl (C=O) groups is 1. The summed E-state index contributed by atoms with van der Waals surface area (Å²) >= 11 is 0. The number of hydrogen-bond acceptors (Lipinski definition) is 8. The molecule has 3 aromatic heterocycles. The molecule has 0 saturated heterocycles. The third-order valence-electron chi connectivity index (χ3n) is 4.77. The molecule has 1 fully saturated rings. The number of pyridine rings is 1. The highest BCUT2D eigenvalue weighted by Gasteiger charge is 2.30. The number of nitrogens with one attached hydrogen (secondary N) is 2. The number of rotatable bonds is 5. The molecule has 0 atom stereocenters. The average Bonchev–Trinajstić information content (AvgIpc) is 3.52. The van der Waals surface area contributed by atoms with Crippen molar-refractivity contribution in [3.63, 3.8) is 0 Å². The van der Waals surface area contributed by atoms with Gasteiger partial charge in [0.15, 0.2) is 17.2 Å².